The maximum atomic E-state index is 11.1. The van der Waals surface area contributed by atoms with E-state index in [2.05, 4.69) is 5.32 Å². The minimum atomic E-state index is -5.55. The van der Waals surface area contributed by atoms with Crippen molar-refractivity contribution in [1.29, 1.82) is 0 Å². The van der Waals surface area contributed by atoms with Crippen molar-refractivity contribution < 1.29 is 26.8 Å². The van der Waals surface area contributed by atoms with Crippen LogP contribution in [-0.4, -0.2) is 38.3 Å². The Morgan fingerprint density at radius 2 is 1.58 bits per heavy atom. The van der Waals surface area contributed by atoms with Gasteiger partial charge >= 0.3 is 103 Å². The summed E-state index contributed by atoms with van der Waals surface area (Å²) in [5.74, 6) is -1.58. The largest absolute Gasteiger partial charge is 0.0623 e. The van der Waals surface area contributed by atoms with Crippen LogP contribution in [0.25, 0.3) is 0 Å². The predicted molar refractivity (Wildman–Crippen MR) is 86.0 cm³/mol. The topological polar surface area (TPSA) is 150 Å². The molecular formula is C14H15AsN2O7. The van der Waals surface area contributed by atoms with Gasteiger partial charge in [-0.2, -0.15) is 0 Å². The molecule has 2 aromatic carbocycles. The molecular weight excluding hydrogens is 383 g/mol. The second kappa shape index (κ2) is 8.30. The van der Waals surface area contributed by atoms with Gasteiger partial charge in [0.25, 0.3) is 0 Å². The van der Waals surface area contributed by atoms with Gasteiger partial charge in [0.1, 0.15) is 0 Å². The Bertz CT molecular complexity index is 747. The molecule has 0 aliphatic carbocycles. The van der Waals surface area contributed by atoms with Gasteiger partial charge in [-0.3, -0.25) is 0 Å². The van der Waals surface area contributed by atoms with Gasteiger partial charge in [-0.1, -0.05) is 36.4 Å². The standard InChI is InChI=1S/C8H9AsN2O7.C6H6/c1-4(12)10-6-3-2-5(9(14,15)16)7(8(6)13)11(17)18;1-2-4-6-5-3-1/h2-3,13H,1H3,(H,10,12)(H2,14,15,16);1-6H. The maximum absolute atomic E-state index is 11.1. The zero-order chi connectivity index (χ0) is 18.3. The van der Waals surface area contributed by atoms with Gasteiger partial charge in [0.2, 0.25) is 0 Å². The molecule has 128 valence electrons. The first-order valence-corrected chi connectivity index (χ1v) is 9.87. The van der Waals surface area contributed by atoms with E-state index < -0.39 is 40.8 Å². The molecule has 0 saturated heterocycles. The monoisotopic (exact) mass is 398 g/mol. The van der Waals surface area contributed by atoms with Crippen LogP contribution in [-0.2, 0) is 8.53 Å². The summed E-state index contributed by atoms with van der Waals surface area (Å²) in [7, 11) is 0. The second-order valence-electron chi connectivity index (χ2n) is 4.47. The molecule has 2 rings (SSSR count). The smallest absolute Gasteiger partial charge is 0.0623 e. The van der Waals surface area contributed by atoms with Gasteiger partial charge in [0.05, 0.1) is 0 Å². The number of benzene rings is 2. The van der Waals surface area contributed by atoms with E-state index in [0.717, 1.165) is 19.1 Å². The van der Waals surface area contributed by atoms with Gasteiger partial charge in [-0.05, 0) is 0 Å². The number of rotatable bonds is 3. The van der Waals surface area contributed by atoms with E-state index in [0.29, 0.717) is 0 Å². The van der Waals surface area contributed by atoms with Gasteiger partial charge in [0.15, 0.2) is 0 Å². The summed E-state index contributed by atoms with van der Waals surface area (Å²) < 4.78 is 28.2. The van der Waals surface area contributed by atoms with Gasteiger partial charge in [-0.25, -0.2) is 0 Å². The molecule has 24 heavy (non-hydrogen) atoms. The van der Waals surface area contributed by atoms with Crippen molar-refractivity contribution in [3.05, 3.63) is 58.6 Å². The summed E-state index contributed by atoms with van der Waals surface area (Å²) in [6.45, 7) is 1.12. The van der Waals surface area contributed by atoms with Crippen LogP contribution >= 0.6 is 0 Å². The number of nitro groups is 1. The molecule has 0 heterocycles. The number of amides is 1. The molecule has 0 saturated carbocycles. The van der Waals surface area contributed by atoms with Crippen LogP contribution in [0.4, 0.5) is 11.4 Å². The normalized spacial score (nSPS) is 10.3. The first-order chi connectivity index (χ1) is 11.1. The summed E-state index contributed by atoms with van der Waals surface area (Å²) in [5.41, 5.74) is -1.39. The average molecular weight is 398 g/mol. The molecule has 1 amide bonds. The van der Waals surface area contributed by atoms with Crippen LogP contribution < -0.4 is 9.67 Å². The molecule has 0 radical (unpaired) electrons. The Balaban J connectivity index is 0.000000400. The van der Waals surface area contributed by atoms with Gasteiger partial charge in [-0.15, -0.1) is 0 Å². The predicted octanol–water partition coefficient (Wildman–Crippen LogP) is 0.506. The number of hydrogen-bond donors (Lipinski definition) is 4. The van der Waals surface area contributed by atoms with Gasteiger partial charge < -0.3 is 0 Å². The number of nitro benzene ring substituents is 1. The third-order valence-corrected chi connectivity index (χ3v) is 4.68. The van der Waals surface area contributed by atoms with E-state index in [1.54, 1.807) is 0 Å². The molecule has 0 atom stereocenters. The van der Waals surface area contributed by atoms with Crippen molar-refractivity contribution in [2.75, 3.05) is 5.32 Å². The van der Waals surface area contributed by atoms with Crippen molar-refractivity contribution in [1.82, 2.24) is 0 Å². The first kappa shape index (κ1) is 19.4. The Hall–Kier alpha value is -2.61. The second-order valence-corrected chi connectivity index (χ2v) is 7.76. The minimum Gasteiger partial charge on any atom is -0.0623 e. The van der Waals surface area contributed by atoms with Crippen LogP contribution in [0.2, 0.25) is 0 Å². The Kier molecular flexibility index (Phi) is 6.72. The van der Waals surface area contributed by atoms with Crippen LogP contribution in [0.3, 0.4) is 0 Å². The molecule has 0 aliphatic heterocycles. The number of nitrogens with zero attached hydrogens (tertiary/aromatic N) is 1. The fraction of sp³-hybridized carbons (Fsp3) is 0.0714. The third kappa shape index (κ3) is 5.54. The zero-order valence-electron chi connectivity index (χ0n) is 12.5. The Morgan fingerprint density at radius 3 is 1.92 bits per heavy atom. The number of phenols is 1. The summed E-state index contributed by atoms with van der Waals surface area (Å²) in [6.07, 6.45) is 0. The van der Waals surface area contributed by atoms with E-state index in [-0.39, 0.29) is 5.69 Å². The molecule has 0 spiro atoms. The van der Waals surface area contributed by atoms with Crippen molar-refractivity contribution >= 4 is 35.8 Å². The molecule has 0 aliphatic rings. The summed E-state index contributed by atoms with van der Waals surface area (Å²) in [4.78, 5) is 20.4. The fourth-order valence-electron chi connectivity index (χ4n) is 1.66. The molecule has 10 heteroatoms. The summed E-state index contributed by atoms with van der Waals surface area (Å²) in [6, 6.07) is 13.8. The minimum absolute atomic E-state index is 0.290. The zero-order valence-corrected chi connectivity index (χ0v) is 14.4. The van der Waals surface area contributed by atoms with E-state index in [9.17, 15) is 23.8 Å². The quantitative estimate of drug-likeness (QED) is 0.255. The van der Waals surface area contributed by atoms with Crippen molar-refractivity contribution in [3.8, 4) is 5.75 Å². The van der Waals surface area contributed by atoms with E-state index in [4.69, 9.17) is 8.19 Å². The molecule has 0 unspecified atom stereocenters. The number of carbonyl (C=O) groups excluding carboxylic acids is 1. The van der Waals surface area contributed by atoms with Crippen LogP contribution in [0.15, 0.2) is 48.5 Å². The molecule has 9 nitrogen and oxygen atoms in total. The summed E-state index contributed by atoms with van der Waals surface area (Å²) in [5, 5.41) is 22.4. The molecule has 4 N–H and O–H groups in total. The SMILES string of the molecule is CC(=O)Nc1ccc([As](=O)(O)O)c([N+](=O)[O-])c1O.c1ccccc1. The van der Waals surface area contributed by atoms with Crippen LogP contribution in [0.5, 0.6) is 5.75 Å². The average Bonchev–Trinajstić information content (AvgIpc) is 2.49. The number of nitrogens with one attached hydrogen (secondary N) is 1. The number of phenolic OH excluding ortho intramolecular Hbond substituents is 1. The maximum Gasteiger partial charge on any atom is -0.0623 e. The molecule has 2 aromatic rings. The Morgan fingerprint density at radius 1 is 1.12 bits per heavy atom. The van der Waals surface area contributed by atoms with Crippen molar-refractivity contribution in [3.63, 3.8) is 0 Å². The van der Waals surface area contributed by atoms with Crippen molar-refractivity contribution in [2.45, 2.75) is 6.92 Å². The number of aromatic hydroxyl groups is 1. The number of anilines is 1. The Labute approximate surface area is 139 Å². The van der Waals surface area contributed by atoms with Crippen LogP contribution in [0.1, 0.15) is 6.92 Å². The van der Waals surface area contributed by atoms with E-state index >= 15 is 0 Å². The van der Waals surface area contributed by atoms with E-state index in [1.165, 1.54) is 0 Å². The van der Waals surface area contributed by atoms with E-state index in [1.807, 2.05) is 36.4 Å². The third-order valence-electron chi connectivity index (χ3n) is 2.60. The van der Waals surface area contributed by atoms with Crippen LogP contribution in [0, 0.1) is 10.1 Å². The van der Waals surface area contributed by atoms with Gasteiger partial charge in [0, 0.05) is 0 Å². The molecule has 0 bridgehead atoms. The summed E-state index contributed by atoms with van der Waals surface area (Å²) >= 11 is -5.55. The number of carbonyl (C=O) groups is 1. The molecule has 0 aromatic heterocycles. The van der Waals surface area contributed by atoms with Crippen molar-refractivity contribution in [2.24, 2.45) is 0 Å². The fourth-order valence-corrected chi connectivity index (χ4v) is 3.20. The molecule has 0 fully saturated rings. The first-order valence-electron chi connectivity index (χ1n) is 6.48. The number of hydrogen-bond acceptors (Lipinski definition) is 5.